The molecule has 0 bridgehead atoms. The first-order chi connectivity index (χ1) is 18.2. The van der Waals surface area contributed by atoms with Crippen molar-refractivity contribution in [2.45, 2.75) is 143 Å². The molecular weight excluding hydrogens is 542 g/mol. The van der Waals surface area contributed by atoms with E-state index in [-0.39, 0.29) is 33.0 Å². The maximum Gasteiger partial charge on any atom is 0.259 e. The molecule has 234 valence electrons. The first-order valence-corrected chi connectivity index (χ1v) is 17.7. The summed E-state index contributed by atoms with van der Waals surface area (Å²) in [6, 6.07) is 0.752. The van der Waals surface area contributed by atoms with Crippen LogP contribution in [-0.2, 0) is 18.1 Å². The van der Waals surface area contributed by atoms with E-state index in [0.29, 0.717) is 12.1 Å². The normalized spacial score (nSPS) is 31.1. The van der Waals surface area contributed by atoms with Crippen LogP contribution in [0.5, 0.6) is 0 Å². The van der Waals surface area contributed by atoms with E-state index < -0.39 is 17.1 Å². The molecule has 0 atom stereocenters. The molecule has 4 fully saturated rings. The van der Waals surface area contributed by atoms with Gasteiger partial charge in [0.15, 0.2) is 0 Å². The Kier molecular flexibility index (Phi) is 9.87. The minimum Gasteiger partial charge on any atom is -0.321 e. The van der Waals surface area contributed by atoms with Crippen LogP contribution < -0.4 is 10.6 Å². The van der Waals surface area contributed by atoms with Crippen LogP contribution in [0.15, 0.2) is 0 Å². The van der Waals surface area contributed by atoms with Crippen molar-refractivity contribution in [3.05, 3.63) is 0 Å². The van der Waals surface area contributed by atoms with Gasteiger partial charge >= 0.3 is 0 Å². The van der Waals surface area contributed by atoms with Gasteiger partial charge in [-0.15, -0.1) is 0 Å². The zero-order chi connectivity index (χ0) is 29.8. The molecule has 8 nitrogen and oxygen atoms in total. The van der Waals surface area contributed by atoms with Crippen molar-refractivity contribution in [3.8, 4) is 0 Å². The van der Waals surface area contributed by atoms with E-state index >= 15 is 0 Å². The molecule has 4 heterocycles. The summed E-state index contributed by atoms with van der Waals surface area (Å²) in [6.07, 6.45) is 4.26. The van der Waals surface area contributed by atoms with Crippen LogP contribution >= 0.6 is 17.1 Å². The van der Waals surface area contributed by atoms with Crippen molar-refractivity contribution < 1.29 is 18.1 Å². The third-order valence-corrected chi connectivity index (χ3v) is 11.7. The summed E-state index contributed by atoms with van der Waals surface area (Å²) >= 11 is 0. The lowest BCUT2D eigenvalue weighted by Gasteiger charge is -2.53. The number of piperidine rings is 2. The highest BCUT2D eigenvalue weighted by Crippen LogP contribution is 2.55. The number of hydrogen-bond acceptors (Lipinski definition) is 8. The van der Waals surface area contributed by atoms with Gasteiger partial charge in [-0.3, -0.25) is 0 Å². The number of nitrogens with one attached hydrogen (secondary N) is 2. The van der Waals surface area contributed by atoms with Crippen molar-refractivity contribution >= 4 is 17.1 Å². The first kappa shape index (κ1) is 33.4. The Morgan fingerprint density at radius 1 is 0.500 bits per heavy atom. The van der Waals surface area contributed by atoms with Gasteiger partial charge in [0.05, 0.1) is 26.4 Å². The van der Waals surface area contributed by atoms with E-state index in [4.69, 9.17) is 18.1 Å². The number of nitrogens with zero attached hydrogens (tertiary/aromatic N) is 2. The number of rotatable bonds is 7. The lowest BCUT2D eigenvalue weighted by molar-refractivity contribution is 0.0158. The van der Waals surface area contributed by atoms with Gasteiger partial charge in [-0.2, -0.15) is 0 Å². The Labute approximate surface area is 248 Å². The summed E-state index contributed by atoms with van der Waals surface area (Å²) in [5.74, 6) is 0. The summed E-state index contributed by atoms with van der Waals surface area (Å²) in [5.41, 5.74) is 0.281. The van der Waals surface area contributed by atoms with E-state index in [1.54, 1.807) is 0 Å². The minimum atomic E-state index is -1.13. The van der Waals surface area contributed by atoms with E-state index in [0.717, 1.165) is 65.2 Å². The van der Waals surface area contributed by atoms with Crippen LogP contribution in [0.25, 0.3) is 0 Å². The Morgan fingerprint density at radius 2 is 0.750 bits per heavy atom. The molecular formula is C30H60N4O4P2. The summed E-state index contributed by atoms with van der Waals surface area (Å²) in [6.45, 7) is 32.3. The van der Waals surface area contributed by atoms with E-state index in [2.05, 4.69) is 103 Å². The molecule has 0 aliphatic carbocycles. The van der Waals surface area contributed by atoms with Gasteiger partial charge in [0.1, 0.15) is 0 Å². The SMILES string of the molecule is CC1(C)COP(N(CCN(C2CC(C)(C)NC(C)(C)C2)P2OCC(C)(C)CO2)C2CC(C)(C)NC(C)(C)C2)OC1. The summed E-state index contributed by atoms with van der Waals surface area (Å²) in [4.78, 5) is 0. The third-order valence-electron chi connectivity index (χ3n) is 8.42. The molecule has 0 spiro atoms. The highest BCUT2D eigenvalue weighted by atomic mass is 31.2. The molecule has 2 N–H and O–H groups in total. The molecule has 0 aromatic carbocycles. The molecule has 4 rings (SSSR count). The zero-order valence-electron chi connectivity index (χ0n) is 27.6. The van der Waals surface area contributed by atoms with Crippen molar-refractivity contribution in [2.75, 3.05) is 39.5 Å². The summed E-state index contributed by atoms with van der Waals surface area (Å²) in [5, 5.41) is 7.74. The van der Waals surface area contributed by atoms with Gasteiger partial charge in [-0.1, -0.05) is 27.7 Å². The van der Waals surface area contributed by atoms with Crippen molar-refractivity contribution in [1.82, 2.24) is 20.0 Å². The second-order valence-electron chi connectivity index (χ2n) is 17.1. The molecule has 0 amide bonds. The standard InChI is InChI=1S/C30H60N4O4P2/c1-25(2)19-35-39(36-20-25)33(23-15-27(5,6)31-28(7,8)16-23)13-14-34(40-37-21-26(3,4)22-38-40)24-17-29(9,10)32-30(11,12)18-24/h23-24,31-32H,13-22H2,1-12H3. The lowest BCUT2D eigenvalue weighted by Crippen LogP contribution is -2.63. The number of hydrogen-bond donors (Lipinski definition) is 2. The topological polar surface area (TPSA) is 67.5 Å². The fourth-order valence-electron chi connectivity index (χ4n) is 7.33. The van der Waals surface area contributed by atoms with E-state index in [9.17, 15) is 0 Å². The predicted molar refractivity (Wildman–Crippen MR) is 167 cm³/mol. The van der Waals surface area contributed by atoms with Crippen LogP contribution in [0, 0.1) is 10.8 Å². The summed E-state index contributed by atoms with van der Waals surface area (Å²) in [7, 11) is -2.25. The van der Waals surface area contributed by atoms with Gasteiger partial charge in [0, 0.05) is 58.2 Å². The molecule has 40 heavy (non-hydrogen) atoms. The fraction of sp³-hybridized carbons (Fsp3) is 1.00. The van der Waals surface area contributed by atoms with Crippen molar-refractivity contribution in [1.29, 1.82) is 0 Å². The minimum absolute atomic E-state index is 0.0447. The second kappa shape index (κ2) is 11.8. The quantitative estimate of drug-likeness (QED) is 0.308. The van der Waals surface area contributed by atoms with Gasteiger partial charge in [0.2, 0.25) is 0 Å². The predicted octanol–water partition coefficient (Wildman–Crippen LogP) is 6.81. The van der Waals surface area contributed by atoms with Crippen LogP contribution in [-0.4, -0.2) is 83.1 Å². The maximum atomic E-state index is 6.52. The van der Waals surface area contributed by atoms with Gasteiger partial charge in [0.25, 0.3) is 17.1 Å². The highest BCUT2D eigenvalue weighted by Gasteiger charge is 2.47. The average Bonchev–Trinajstić information content (AvgIpc) is 2.73. The van der Waals surface area contributed by atoms with Crippen LogP contribution in [0.1, 0.15) is 109 Å². The molecule has 0 unspecified atom stereocenters. The Bertz CT molecular complexity index is 760. The van der Waals surface area contributed by atoms with E-state index in [1.165, 1.54) is 0 Å². The lowest BCUT2D eigenvalue weighted by atomic mass is 9.79. The van der Waals surface area contributed by atoms with Crippen LogP contribution in [0.4, 0.5) is 0 Å². The van der Waals surface area contributed by atoms with Gasteiger partial charge in [-0.05, 0) is 81.1 Å². The Morgan fingerprint density at radius 3 is 1.00 bits per heavy atom. The molecule has 4 saturated heterocycles. The van der Waals surface area contributed by atoms with Crippen molar-refractivity contribution in [2.24, 2.45) is 10.8 Å². The molecule has 0 saturated carbocycles. The first-order valence-electron chi connectivity index (χ1n) is 15.4. The Balaban J connectivity index is 1.59. The largest absolute Gasteiger partial charge is 0.321 e. The fourth-order valence-corrected chi connectivity index (χ4v) is 11.3. The molecule has 0 radical (unpaired) electrons. The Hall–Kier alpha value is 0.540. The average molecular weight is 603 g/mol. The second-order valence-corrected chi connectivity index (χ2v) is 20.1. The molecule has 10 heteroatoms. The molecule has 0 aromatic rings. The third kappa shape index (κ3) is 9.03. The monoisotopic (exact) mass is 602 g/mol. The van der Waals surface area contributed by atoms with Gasteiger partial charge in [-0.25, -0.2) is 9.34 Å². The van der Waals surface area contributed by atoms with Gasteiger partial charge < -0.3 is 28.7 Å². The summed E-state index contributed by atoms with van der Waals surface area (Å²) < 4.78 is 31.3. The zero-order valence-corrected chi connectivity index (χ0v) is 29.4. The van der Waals surface area contributed by atoms with Crippen molar-refractivity contribution in [3.63, 3.8) is 0 Å². The van der Waals surface area contributed by atoms with Crippen LogP contribution in [0.2, 0.25) is 0 Å². The van der Waals surface area contributed by atoms with E-state index in [1.807, 2.05) is 0 Å². The molecule has 0 aromatic heterocycles. The molecule has 4 aliphatic rings. The maximum absolute atomic E-state index is 6.52. The van der Waals surface area contributed by atoms with Crippen LogP contribution in [0.3, 0.4) is 0 Å². The smallest absolute Gasteiger partial charge is 0.259 e. The molecule has 4 aliphatic heterocycles. The highest BCUT2D eigenvalue weighted by molar-refractivity contribution is 7.45.